The number of halogens is 2. The SMILES string of the molecule is C=C[C@@H]1CN(C(=N[C@H](C(N)=O)C(C)C)NS(=O)(=O)c2ccc(Cl)cc2)N=C1c1ccc(Cl)cc1. The molecule has 0 fully saturated rings. The maximum atomic E-state index is 13.1. The number of carbonyl (C=O) groups is 1. The number of amides is 1. The summed E-state index contributed by atoms with van der Waals surface area (Å²) in [5.41, 5.74) is 7.00. The van der Waals surface area contributed by atoms with Gasteiger partial charge in [-0.3, -0.25) is 4.79 Å². The standard InChI is InChI=1S/C23H25Cl2N5O3S/c1-4-15-13-30(28-21(15)16-5-7-17(24)8-6-16)23(27-20(14(2)3)22(26)31)29-34(32,33)19-11-9-18(25)10-12-19/h4-12,14-15,20H,1,13H2,2-3H3,(H2,26,31)(H,27,29)/t15-,20+/m1/s1. The molecule has 8 nitrogen and oxygen atoms in total. The van der Waals surface area contributed by atoms with Crippen molar-refractivity contribution in [3.63, 3.8) is 0 Å². The van der Waals surface area contributed by atoms with Gasteiger partial charge in [0.2, 0.25) is 11.9 Å². The summed E-state index contributed by atoms with van der Waals surface area (Å²) in [6.45, 7) is 7.67. The Bertz CT molecular complexity index is 1230. The number of sulfonamides is 1. The lowest BCUT2D eigenvalue weighted by Crippen LogP contribution is -2.44. The Hall–Kier alpha value is -2.88. The lowest BCUT2D eigenvalue weighted by molar-refractivity contribution is -0.120. The highest BCUT2D eigenvalue weighted by atomic mass is 35.5. The van der Waals surface area contributed by atoms with Crippen molar-refractivity contribution in [3.8, 4) is 0 Å². The van der Waals surface area contributed by atoms with Crippen molar-refractivity contribution in [1.82, 2.24) is 9.73 Å². The Labute approximate surface area is 209 Å². The van der Waals surface area contributed by atoms with Gasteiger partial charge in [0.25, 0.3) is 10.0 Å². The number of hydrogen-bond donors (Lipinski definition) is 2. The topological polar surface area (TPSA) is 117 Å². The number of carbonyl (C=O) groups excluding carboxylic acids is 1. The molecule has 3 N–H and O–H groups in total. The highest BCUT2D eigenvalue weighted by molar-refractivity contribution is 7.90. The number of hydrazone groups is 1. The fraction of sp³-hybridized carbons (Fsp3) is 0.261. The van der Waals surface area contributed by atoms with Crippen LogP contribution in [0.25, 0.3) is 0 Å². The van der Waals surface area contributed by atoms with Gasteiger partial charge in [0.05, 0.1) is 17.2 Å². The number of aliphatic imine (C=N–C) groups is 1. The number of nitrogens with one attached hydrogen (secondary N) is 1. The maximum Gasteiger partial charge on any atom is 0.264 e. The minimum atomic E-state index is -4.07. The zero-order valence-corrected chi connectivity index (χ0v) is 21.0. The van der Waals surface area contributed by atoms with E-state index in [1.54, 1.807) is 32.1 Å². The Morgan fingerprint density at radius 3 is 2.24 bits per heavy atom. The van der Waals surface area contributed by atoms with Crippen molar-refractivity contribution in [3.05, 3.63) is 76.8 Å². The number of nitrogens with zero attached hydrogens (tertiary/aromatic N) is 3. The Kier molecular flexibility index (Phi) is 8.01. The third-order valence-electron chi connectivity index (χ3n) is 5.15. The molecule has 1 heterocycles. The van der Waals surface area contributed by atoms with Crippen LogP contribution in [0.1, 0.15) is 19.4 Å². The molecule has 0 saturated carbocycles. The Morgan fingerprint density at radius 2 is 1.74 bits per heavy atom. The highest BCUT2D eigenvalue weighted by Gasteiger charge is 2.32. The van der Waals surface area contributed by atoms with Crippen molar-refractivity contribution < 1.29 is 13.2 Å². The van der Waals surface area contributed by atoms with E-state index in [4.69, 9.17) is 28.9 Å². The minimum Gasteiger partial charge on any atom is -0.368 e. The van der Waals surface area contributed by atoms with Gasteiger partial charge in [0.15, 0.2) is 0 Å². The van der Waals surface area contributed by atoms with Crippen LogP contribution in [0.5, 0.6) is 0 Å². The molecule has 180 valence electrons. The van der Waals surface area contributed by atoms with Crippen molar-refractivity contribution in [2.75, 3.05) is 6.54 Å². The minimum absolute atomic E-state index is 0.0221. The molecule has 0 bridgehead atoms. The molecule has 0 unspecified atom stereocenters. The van der Waals surface area contributed by atoms with Gasteiger partial charge in [0.1, 0.15) is 6.04 Å². The average Bonchev–Trinajstić information content (AvgIpc) is 3.21. The van der Waals surface area contributed by atoms with Gasteiger partial charge in [-0.15, -0.1) is 6.58 Å². The number of nitrogens with two attached hydrogens (primary N) is 1. The van der Waals surface area contributed by atoms with Gasteiger partial charge in [-0.2, -0.15) is 5.10 Å². The zero-order chi connectivity index (χ0) is 25.0. The molecule has 1 aliphatic rings. The summed E-state index contributed by atoms with van der Waals surface area (Å²) in [5, 5.41) is 6.99. The van der Waals surface area contributed by atoms with Crippen LogP contribution in [0.2, 0.25) is 10.0 Å². The first kappa shape index (κ1) is 25.7. The molecule has 3 rings (SSSR count). The van der Waals surface area contributed by atoms with Gasteiger partial charge in [-0.1, -0.05) is 55.3 Å². The lowest BCUT2D eigenvalue weighted by Gasteiger charge is -2.22. The second-order valence-electron chi connectivity index (χ2n) is 8.02. The van der Waals surface area contributed by atoms with Gasteiger partial charge < -0.3 is 5.73 Å². The molecule has 0 aliphatic carbocycles. The Balaban J connectivity index is 2.06. The number of hydrogen-bond acceptors (Lipinski definition) is 5. The quantitative estimate of drug-likeness (QED) is 0.328. The molecule has 1 aliphatic heterocycles. The van der Waals surface area contributed by atoms with Crippen molar-refractivity contribution in [2.45, 2.75) is 24.8 Å². The molecule has 0 saturated heterocycles. The van der Waals surface area contributed by atoms with Crippen LogP contribution < -0.4 is 10.5 Å². The van der Waals surface area contributed by atoms with Gasteiger partial charge in [-0.25, -0.2) is 23.1 Å². The summed E-state index contributed by atoms with van der Waals surface area (Å²) >= 11 is 11.9. The fourth-order valence-corrected chi connectivity index (χ4v) is 4.60. The molecule has 11 heteroatoms. The first-order valence-corrected chi connectivity index (χ1v) is 12.7. The van der Waals surface area contributed by atoms with Crippen LogP contribution in [-0.2, 0) is 14.8 Å². The van der Waals surface area contributed by atoms with E-state index in [-0.39, 0.29) is 29.2 Å². The largest absolute Gasteiger partial charge is 0.368 e. The lowest BCUT2D eigenvalue weighted by atomic mass is 9.98. The van der Waals surface area contributed by atoms with Crippen molar-refractivity contribution in [2.24, 2.45) is 27.7 Å². The smallest absolute Gasteiger partial charge is 0.264 e. The molecule has 34 heavy (non-hydrogen) atoms. The summed E-state index contributed by atoms with van der Waals surface area (Å²) in [6, 6.07) is 11.8. The van der Waals surface area contributed by atoms with E-state index in [9.17, 15) is 13.2 Å². The summed E-state index contributed by atoms with van der Waals surface area (Å²) < 4.78 is 28.7. The van der Waals surface area contributed by atoms with E-state index >= 15 is 0 Å². The van der Waals surface area contributed by atoms with E-state index in [1.165, 1.54) is 29.3 Å². The number of guanidine groups is 1. The van der Waals surface area contributed by atoms with Gasteiger partial charge >= 0.3 is 0 Å². The van der Waals surface area contributed by atoms with E-state index < -0.39 is 22.0 Å². The monoisotopic (exact) mass is 521 g/mol. The van der Waals surface area contributed by atoms with Crippen LogP contribution in [0.15, 0.2) is 76.2 Å². The molecule has 2 atom stereocenters. The second-order valence-corrected chi connectivity index (χ2v) is 10.6. The third-order valence-corrected chi connectivity index (χ3v) is 7.00. The fourth-order valence-electron chi connectivity index (χ4n) is 3.34. The van der Waals surface area contributed by atoms with E-state index in [2.05, 4.69) is 21.4 Å². The van der Waals surface area contributed by atoms with E-state index in [0.717, 1.165) is 5.56 Å². The third kappa shape index (κ3) is 5.97. The first-order valence-electron chi connectivity index (χ1n) is 10.4. The number of benzene rings is 2. The molecule has 0 aromatic heterocycles. The first-order chi connectivity index (χ1) is 16.0. The molecule has 2 aromatic carbocycles. The summed E-state index contributed by atoms with van der Waals surface area (Å²) in [6.07, 6.45) is 1.72. The summed E-state index contributed by atoms with van der Waals surface area (Å²) in [4.78, 5) is 16.4. The summed E-state index contributed by atoms with van der Waals surface area (Å²) in [5.74, 6) is -1.30. The number of primary amides is 1. The van der Waals surface area contributed by atoms with Gasteiger partial charge in [-0.05, 0) is 47.9 Å². The van der Waals surface area contributed by atoms with Crippen LogP contribution in [0.3, 0.4) is 0 Å². The predicted molar refractivity (Wildman–Crippen MR) is 135 cm³/mol. The van der Waals surface area contributed by atoms with E-state index in [1.807, 2.05) is 12.1 Å². The highest BCUT2D eigenvalue weighted by Crippen LogP contribution is 2.23. The van der Waals surface area contributed by atoms with Gasteiger partial charge in [0, 0.05) is 16.0 Å². The summed E-state index contributed by atoms with van der Waals surface area (Å²) in [7, 11) is -4.07. The van der Waals surface area contributed by atoms with Crippen molar-refractivity contribution >= 4 is 50.8 Å². The van der Waals surface area contributed by atoms with Crippen LogP contribution >= 0.6 is 23.2 Å². The van der Waals surface area contributed by atoms with Crippen LogP contribution in [-0.4, -0.2) is 43.6 Å². The molecule has 0 spiro atoms. The van der Waals surface area contributed by atoms with Crippen LogP contribution in [0, 0.1) is 11.8 Å². The predicted octanol–water partition coefficient (Wildman–Crippen LogP) is 3.66. The molecular formula is C23H25Cl2N5O3S. The number of rotatable bonds is 7. The molecule has 1 amide bonds. The molecule has 0 radical (unpaired) electrons. The molecule has 2 aromatic rings. The molecular weight excluding hydrogens is 497 g/mol. The maximum absolute atomic E-state index is 13.1. The average molecular weight is 522 g/mol. The van der Waals surface area contributed by atoms with E-state index in [0.29, 0.717) is 15.8 Å². The van der Waals surface area contributed by atoms with Crippen LogP contribution in [0.4, 0.5) is 0 Å². The normalized spacial score (nSPS) is 17.4. The zero-order valence-electron chi connectivity index (χ0n) is 18.7. The van der Waals surface area contributed by atoms with Crippen molar-refractivity contribution in [1.29, 1.82) is 0 Å². The Morgan fingerprint density at radius 1 is 1.18 bits per heavy atom. The second kappa shape index (κ2) is 10.6.